The van der Waals surface area contributed by atoms with Crippen molar-refractivity contribution in [1.29, 1.82) is 0 Å². The largest absolute Gasteiger partial charge is 0.481 e. The molecular weight excluding hydrogens is 258 g/mol. The number of carbonyl (C=O) groups is 3. The Morgan fingerprint density at radius 1 is 1.37 bits per heavy atom. The normalized spacial score (nSPS) is 11.6. The first kappa shape index (κ1) is 14.4. The molecule has 0 spiro atoms. The average Bonchev–Trinajstić information content (AvgIpc) is 2.30. The van der Waals surface area contributed by atoms with Crippen molar-refractivity contribution in [2.45, 2.75) is 19.0 Å². The first-order valence-electron chi connectivity index (χ1n) is 5.15. The van der Waals surface area contributed by atoms with Crippen LogP contribution in [-0.2, 0) is 20.9 Å². The maximum absolute atomic E-state index is 11.5. The van der Waals surface area contributed by atoms with Crippen molar-refractivity contribution in [1.82, 2.24) is 14.9 Å². The summed E-state index contributed by atoms with van der Waals surface area (Å²) >= 11 is 0. The van der Waals surface area contributed by atoms with Gasteiger partial charge in [0.1, 0.15) is 12.6 Å². The van der Waals surface area contributed by atoms with Crippen LogP contribution in [0.3, 0.4) is 0 Å². The van der Waals surface area contributed by atoms with Gasteiger partial charge in [-0.05, 0) is 6.07 Å². The first-order valence-corrected chi connectivity index (χ1v) is 5.15. The van der Waals surface area contributed by atoms with Gasteiger partial charge in [-0.1, -0.05) is 0 Å². The third kappa shape index (κ3) is 4.58. The molecule has 0 fully saturated rings. The van der Waals surface area contributed by atoms with Gasteiger partial charge in [-0.15, -0.1) is 0 Å². The minimum atomic E-state index is -1.54. The second-order valence-electron chi connectivity index (χ2n) is 3.59. The Hall–Kier alpha value is -2.71. The van der Waals surface area contributed by atoms with Gasteiger partial charge in [0.15, 0.2) is 0 Å². The van der Waals surface area contributed by atoms with Crippen molar-refractivity contribution in [2.75, 3.05) is 0 Å². The SMILES string of the molecule is O=C(O)CC(NC(=O)Cn1cccnc1=O)C(=O)O. The van der Waals surface area contributed by atoms with Crippen molar-refractivity contribution in [2.24, 2.45) is 0 Å². The number of hydrogen-bond donors (Lipinski definition) is 3. The van der Waals surface area contributed by atoms with E-state index in [0.717, 1.165) is 4.57 Å². The molecule has 0 saturated heterocycles. The first-order chi connectivity index (χ1) is 8.90. The summed E-state index contributed by atoms with van der Waals surface area (Å²) in [7, 11) is 0. The molecular formula is C10H11N3O6. The highest BCUT2D eigenvalue weighted by molar-refractivity contribution is 5.86. The van der Waals surface area contributed by atoms with E-state index >= 15 is 0 Å². The Kier molecular flexibility index (Phi) is 4.75. The van der Waals surface area contributed by atoms with E-state index in [1.165, 1.54) is 18.5 Å². The van der Waals surface area contributed by atoms with Gasteiger partial charge in [-0.3, -0.25) is 14.2 Å². The summed E-state index contributed by atoms with van der Waals surface area (Å²) in [6.07, 6.45) is 1.81. The number of nitrogens with one attached hydrogen (secondary N) is 1. The van der Waals surface area contributed by atoms with Crippen LogP contribution in [0.1, 0.15) is 6.42 Å². The summed E-state index contributed by atoms with van der Waals surface area (Å²) in [6.45, 7) is -0.434. The lowest BCUT2D eigenvalue weighted by Gasteiger charge is -2.12. The van der Waals surface area contributed by atoms with E-state index in [0.29, 0.717) is 0 Å². The van der Waals surface area contributed by atoms with Gasteiger partial charge in [0.25, 0.3) is 0 Å². The van der Waals surface area contributed by atoms with Gasteiger partial charge in [0, 0.05) is 12.4 Å². The average molecular weight is 269 g/mol. The molecule has 0 aromatic carbocycles. The molecule has 0 saturated carbocycles. The molecule has 0 radical (unpaired) electrons. The Morgan fingerprint density at radius 2 is 2.05 bits per heavy atom. The van der Waals surface area contributed by atoms with Crippen LogP contribution in [-0.4, -0.2) is 43.7 Å². The summed E-state index contributed by atoms with van der Waals surface area (Å²) in [5, 5.41) is 19.2. The molecule has 19 heavy (non-hydrogen) atoms. The van der Waals surface area contributed by atoms with Gasteiger partial charge in [-0.2, -0.15) is 0 Å². The predicted octanol–water partition coefficient (Wildman–Crippen LogP) is -1.71. The van der Waals surface area contributed by atoms with Crippen LogP contribution in [0.5, 0.6) is 0 Å². The molecule has 9 heteroatoms. The standard InChI is InChI=1S/C10H11N3O6/c14-7(5-13-3-1-2-11-10(13)19)12-6(9(17)18)4-8(15)16/h1-3,6H,4-5H2,(H,12,14)(H,15,16)(H,17,18). The molecule has 1 unspecified atom stereocenters. The van der Waals surface area contributed by atoms with E-state index < -0.39 is 42.5 Å². The van der Waals surface area contributed by atoms with Crippen LogP contribution in [0, 0.1) is 0 Å². The monoisotopic (exact) mass is 269 g/mol. The van der Waals surface area contributed by atoms with Crippen molar-refractivity contribution in [3.63, 3.8) is 0 Å². The minimum Gasteiger partial charge on any atom is -0.481 e. The lowest BCUT2D eigenvalue weighted by molar-refractivity contribution is -0.147. The fraction of sp³-hybridized carbons (Fsp3) is 0.300. The third-order valence-electron chi connectivity index (χ3n) is 2.11. The number of hydrogen-bond acceptors (Lipinski definition) is 5. The molecule has 3 N–H and O–H groups in total. The predicted molar refractivity (Wildman–Crippen MR) is 60.3 cm³/mol. The van der Waals surface area contributed by atoms with Crippen LogP contribution in [0.4, 0.5) is 0 Å². The van der Waals surface area contributed by atoms with Crippen LogP contribution in [0.15, 0.2) is 23.3 Å². The van der Waals surface area contributed by atoms with Gasteiger partial charge >= 0.3 is 17.6 Å². The van der Waals surface area contributed by atoms with E-state index in [-0.39, 0.29) is 0 Å². The molecule has 0 aliphatic heterocycles. The zero-order chi connectivity index (χ0) is 14.4. The minimum absolute atomic E-state index is 0.434. The number of carboxylic acid groups (broad SMARTS) is 2. The quantitative estimate of drug-likeness (QED) is 0.558. The fourth-order valence-corrected chi connectivity index (χ4v) is 1.28. The van der Waals surface area contributed by atoms with Gasteiger partial charge < -0.3 is 15.5 Å². The highest BCUT2D eigenvalue weighted by Crippen LogP contribution is 1.93. The summed E-state index contributed by atoms with van der Waals surface area (Å²) in [4.78, 5) is 47.3. The van der Waals surface area contributed by atoms with E-state index in [1.807, 2.05) is 5.32 Å². The van der Waals surface area contributed by atoms with Crippen molar-refractivity contribution < 1.29 is 24.6 Å². The second kappa shape index (κ2) is 6.28. The van der Waals surface area contributed by atoms with E-state index in [4.69, 9.17) is 10.2 Å². The number of amides is 1. The van der Waals surface area contributed by atoms with Crippen LogP contribution in [0.25, 0.3) is 0 Å². The number of nitrogens with zero attached hydrogens (tertiary/aromatic N) is 2. The molecule has 0 bridgehead atoms. The zero-order valence-electron chi connectivity index (χ0n) is 9.65. The Balaban J connectivity index is 2.68. The summed E-state index contributed by atoms with van der Waals surface area (Å²) < 4.78 is 0.967. The summed E-state index contributed by atoms with van der Waals surface area (Å²) in [5.74, 6) is -3.61. The molecule has 1 amide bonds. The molecule has 1 atom stereocenters. The Labute approximate surface area is 106 Å². The maximum Gasteiger partial charge on any atom is 0.347 e. The molecule has 1 aromatic heterocycles. The van der Waals surface area contributed by atoms with E-state index in [9.17, 15) is 19.2 Å². The molecule has 102 valence electrons. The molecule has 1 heterocycles. The molecule has 9 nitrogen and oxygen atoms in total. The highest BCUT2D eigenvalue weighted by Gasteiger charge is 2.23. The molecule has 1 aromatic rings. The number of carbonyl (C=O) groups excluding carboxylic acids is 1. The lowest BCUT2D eigenvalue weighted by atomic mass is 10.2. The summed E-state index contributed by atoms with van der Waals surface area (Å²) in [6, 6.07) is -0.113. The third-order valence-corrected chi connectivity index (χ3v) is 2.11. The number of carboxylic acids is 2. The van der Waals surface area contributed by atoms with Crippen LogP contribution >= 0.6 is 0 Å². The number of rotatable bonds is 6. The smallest absolute Gasteiger partial charge is 0.347 e. The number of aliphatic carboxylic acids is 2. The van der Waals surface area contributed by atoms with Crippen LogP contribution < -0.4 is 11.0 Å². The van der Waals surface area contributed by atoms with E-state index in [1.54, 1.807) is 0 Å². The Morgan fingerprint density at radius 3 is 2.58 bits per heavy atom. The molecule has 1 rings (SSSR count). The highest BCUT2D eigenvalue weighted by atomic mass is 16.4. The second-order valence-corrected chi connectivity index (χ2v) is 3.59. The van der Waals surface area contributed by atoms with Crippen LogP contribution in [0.2, 0.25) is 0 Å². The fourth-order valence-electron chi connectivity index (χ4n) is 1.28. The van der Waals surface area contributed by atoms with Gasteiger partial charge in [0.05, 0.1) is 6.42 Å². The topological polar surface area (TPSA) is 139 Å². The van der Waals surface area contributed by atoms with Gasteiger partial charge in [-0.25, -0.2) is 14.6 Å². The van der Waals surface area contributed by atoms with Crippen molar-refractivity contribution in [3.8, 4) is 0 Å². The number of aromatic nitrogens is 2. The van der Waals surface area contributed by atoms with Crippen molar-refractivity contribution in [3.05, 3.63) is 28.9 Å². The van der Waals surface area contributed by atoms with Gasteiger partial charge in [0.2, 0.25) is 5.91 Å². The Bertz CT molecular complexity index is 552. The van der Waals surface area contributed by atoms with E-state index in [2.05, 4.69) is 4.98 Å². The zero-order valence-corrected chi connectivity index (χ0v) is 9.65. The van der Waals surface area contributed by atoms with Crippen molar-refractivity contribution >= 4 is 17.8 Å². The molecule has 0 aliphatic rings. The summed E-state index contributed by atoms with van der Waals surface area (Å²) in [5.41, 5.74) is -0.664. The maximum atomic E-state index is 11.5. The molecule has 0 aliphatic carbocycles. The lowest BCUT2D eigenvalue weighted by Crippen LogP contribution is -2.44.